The SMILES string of the molecule is CCN(Cc1cccs1)[C@H](C)C(=O)Nc1ccc(S(=O)(=O)NC(C)C)cc1. The summed E-state index contributed by atoms with van der Waals surface area (Å²) in [5.41, 5.74) is 0.572. The molecule has 0 spiro atoms. The van der Waals surface area contributed by atoms with Gasteiger partial charge in [0.05, 0.1) is 10.9 Å². The second-order valence-corrected chi connectivity index (χ2v) is 9.35. The van der Waals surface area contributed by atoms with E-state index in [0.717, 1.165) is 13.1 Å². The normalized spacial score (nSPS) is 13.1. The van der Waals surface area contributed by atoms with Crippen LogP contribution in [0.4, 0.5) is 5.69 Å². The number of amides is 1. The molecule has 2 rings (SSSR count). The Morgan fingerprint density at radius 2 is 1.81 bits per heavy atom. The first-order chi connectivity index (χ1) is 12.7. The number of rotatable bonds is 9. The van der Waals surface area contributed by atoms with Crippen molar-refractivity contribution < 1.29 is 13.2 Å². The number of sulfonamides is 1. The van der Waals surface area contributed by atoms with Gasteiger partial charge in [0, 0.05) is 23.2 Å². The van der Waals surface area contributed by atoms with Gasteiger partial charge in [-0.1, -0.05) is 13.0 Å². The maximum Gasteiger partial charge on any atom is 0.241 e. The second kappa shape index (κ2) is 9.45. The minimum Gasteiger partial charge on any atom is -0.325 e. The van der Waals surface area contributed by atoms with Crippen LogP contribution in [0.5, 0.6) is 0 Å². The van der Waals surface area contributed by atoms with E-state index in [9.17, 15) is 13.2 Å². The molecule has 0 fully saturated rings. The fourth-order valence-electron chi connectivity index (χ4n) is 2.63. The van der Waals surface area contributed by atoms with Crippen molar-refractivity contribution >= 4 is 33.0 Å². The summed E-state index contributed by atoms with van der Waals surface area (Å²) in [5.74, 6) is -0.121. The third-order valence-corrected chi connectivity index (χ3v) is 6.63. The van der Waals surface area contributed by atoms with Gasteiger partial charge in [0.25, 0.3) is 0 Å². The molecular weight excluding hydrogens is 382 g/mol. The average molecular weight is 410 g/mol. The Hall–Kier alpha value is -1.74. The standard InChI is InChI=1S/C19H27N3O3S2/c1-5-22(13-17-7-6-12-26-17)15(4)19(23)20-16-8-10-18(11-9-16)27(24,25)21-14(2)3/h6-12,14-15,21H,5,13H2,1-4H3,(H,20,23)/t15-/m1/s1. The number of nitrogens with one attached hydrogen (secondary N) is 2. The van der Waals surface area contributed by atoms with Crippen molar-refractivity contribution in [2.24, 2.45) is 0 Å². The molecule has 1 atom stereocenters. The zero-order valence-electron chi connectivity index (χ0n) is 16.1. The molecule has 0 bridgehead atoms. The molecule has 0 unspecified atom stereocenters. The third-order valence-electron chi connectivity index (χ3n) is 4.10. The van der Waals surface area contributed by atoms with Crippen molar-refractivity contribution in [1.29, 1.82) is 0 Å². The van der Waals surface area contributed by atoms with Gasteiger partial charge in [-0.25, -0.2) is 13.1 Å². The van der Waals surface area contributed by atoms with Crippen LogP contribution in [0, 0.1) is 0 Å². The molecule has 148 valence electrons. The summed E-state index contributed by atoms with van der Waals surface area (Å²) in [5, 5.41) is 4.89. The van der Waals surface area contributed by atoms with Crippen LogP contribution in [-0.2, 0) is 21.4 Å². The van der Waals surface area contributed by atoms with Crippen LogP contribution in [0.1, 0.15) is 32.6 Å². The Balaban J connectivity index is 2.02. The molecule has 8 heteroatoms. The van der Waals surface area contributed by atoms with Crippen LogP contribution in [0.15, 0.2) is 46.7 Å². The van der Waals surface area contributed by atoms with Crippen LogP contribution < -0.4 is 10.0 Å². The van der Waals surface area contributed by atoms with E-state index in [2.05, 4.69) is 21.0 Å². The van der Waals surface area contributed by atoms with E-state index in [-0.39, 0.29) is 22.9 Å². The van der Waals surface area contributed by atoms with Crippen LogP contribution in [0.2, 0.25) is 0 Å². The summed E-state index contributed by atoms with van der Waals surface area (Å²) < 4.78 is 26.9. The molecule has 27 heavy (non-hydrogen) atoms. The largest absolute Gasteiger partial charge is 0.325 e. The number of hydrogen-bond acceptors (Lipinski definition) is 5. The fraction of sp³-hybridized carbons (Fsp3) is 0.421. The average Bonchev–Trinajstić information content (AvgIpc) is 3.11. The summed E-state index contributed by atoms with van der Waals surface area (Å²) in [7, 11) is -3.54. The first-order valence-corrected chi connectivity index (χ1v) is 11.3. The number of benzene rings is 1. The Kier molecular flexibility index (Phi) is 7.55. The number of likely N-dealkylation sites (N-methyl/N-ethyl adjacent to an activating group) is 1. The highest BCUT2D eigenvalue weighted by Crippen LogP contribution is 2.17. The van der Waals surface area contributed by atoms with E-state index >= 15 is 0 Å². The Morgan fingerprint density at radius 3 is 2.33 bits per heavy atom. The van der Waals surface area contributed by atoms with Gasteiger partial charge in [-0.3, -0.25) is 9.69 Å². The zero-order valence-corrected chi connectivity index (χ0v) is 17.7. The van der Waals surface area contributed by atoms with E-state index in [1.54, 1.807) is 37.3 Å². The predicted octanol–water partition coefficient (Wildman–Crippen LogP) is 3.28. The molecule has 0 aliphatic carbocycles. The number of nitrogens with zero attached hydrogens (tertiary/aromatic N) is 1. The van der Waals surface area contributed by atoms with E-state index in [0.29, 0.717) is 5.69 Å². The molecule has 1 amide bonds. The van der Waals surface area contributed by atoms with Gasteiger partial charge < -0.3 is 5.32 Å². The molecule has 0 saturated heterocycles. The van der Waals surface area contributed by atoms with Gasteiger partial charge in [-0.15, -0.1) is 11.3 Å². The van der Waals surface area contributed by atoms with Gasteiger partial charge in [-0.05, 0) is 63.0 Å². The molecule has 2 aromatic rings. The lowest BCUT2D eigenvalue weighted by molar-refractivity contribution is -0.120. The number of hydrogen-bond donors (Lipinski definition) is 2. The maximum atomic E-state index is 12.6. The lowest BCUT2D eigenvalue weighted by atomic mass is 10.2. The summed E-state index contributed by atoms with van der Waals surface area (Å²) in [6.07, 6.45) is 0. The third kappa shape index (κ3) is 6.14. The summed E-state index contributed by atoms with van der Waals surface area (Å²) in [6.45, 7) is 8.91. The minimum absolute atomic E-state index is 0.121. The van der Waals surface area contributed by atoms with Crippen LogP contribution in [0.25, 0.3) is 0 Å². The molecule has 0 saturated carbocycles. The topological polar surface area (TPSA) is 78.5 Å². The number of anilines is 1. The van der Waals surface area contributed by atoms with Gasteiger partial charge in [0.15, 0.2) is 0 Å². The molecular formula is C19H27N3O3S2. The number of carbonyl (C=O) groups is 1. The van der Waals surface area contributed by atoms with Gasteiger partial charge in [0.1, 0.15) is 0 Å². The Labute approximate surface area is 165 Å². The zero-order chi connectivity index (χ0) is 20.0. The lowest BCUT2D eigenvalue weighted by Gasteiger charge is -2.26. The van der Waals surface area contributed by atoms with Crippen LogP contribution in [-0.4, -0.2) is 37.9 Å². The molecule has 1 aromatic carbocycles. The van der Waals surface area contributed by atoms with Gasteiger partial charge in [-0.2, -0.15) is 0 Å². The Bertz CT molecular complexity index is 832. The summed E-state index contributed by atoms with van der Waals surface area (Å²) in [6, 6.07) is 9.78. The maximum absolute atomic E-state index is 12.6. The molecule has 0 aliphatic heterocycles. The summed E-state index contributed by atoms with van der Waals surface area (Å²) >= 11 is 1.67. The van der Waals surface area contributed by atoms with Crippen molar-refractivity contribution in [3.05, 3.63) is 46.7 Å². The van der Waals surface area contributed by atoms with Crippen molar-refractivity contribution in [1.82, 2.24) is 9.62 Å². The van der Waals surface area contributed by atoms with E-state index in [1.807, 2.05) is 25.3 Å². The fourth-order valence-corrected chi connectivity index (χ4v) is 4.61. The highest BCUT2D eigenvalue weighted by molar-refractivity contribution is 7.89. The van der Waals surface area contributed by atoms with Gasteiger partial charge >= 0.3 is 0 Å². The number of thiophene rings is 1. The molecule has 0 aliphatic rings. The van der Waals surface area contributed by atoms with E-state index in [1.165, 1.54) is 17.0 Å². The van der Waals surface area contributed by atoms with Crippen molar-refractivity contribution in [2.75, 3.05) is 11.9 Å². The monoisotopic (exact) mass is 409 g/mol. The predicted molar refractivity (Wildman–Crippen MR) is 110 cm³/mol. The first kappa shape index (κ1) is 21.6. The first-order valence-electron chi connectivity index (χ1n) is 8.92. The van der Waals surface area contributed by atoms with Crippen molar-refractivity contribution in [3.63, 3.8) is 0 Å². The molecule has 0 radical (unpaired) electrons. The van der Waals surface area contributed by atoms with Crippen LogP contribution >= 0.6 is 11.3 Å². The lowest BCUT2D eigenvalue weighted by Crippen LogP contribution is -2.41. The van der Waals surface area contributed by atoms with Crippen molar-refractivity contribution in [2.45, 2.75) is 51.2 Å². The highest BCUT2D eigenvalue weighted by atomic mass is 32.2. The molecule has 1 heterocycles. The van der Waals surface area contributed by atoms with Crippen molar-refractivity contribution in [3.8, 4) is 0 Å². The summed E-state index contributed by atoms with van der Waals surface area (Å²) in [4.78, 5) is 16.1. The second-order valence-electron chi connectivity index (χ2n) is 6.61. The van der Waals surface area contributed by atoms with E-state index in [4.69, 9.17) is 0 Å². The minimum atomic E-state index is -3.54. The molecule has 2 N–H and O–H groups in total. The number of carbonyl (C=O) groups excluding carboxylic acids is 1. The smallest absolute Gasteiger partial charge is 0.241 e. The van der Waals surface area contributed by atoms with E-state index < -0.39 is 10.0 Å². The van der Waals surface area contributed by atoms with Crippen LogP contribution in [0.3, 0.4) is 0 Å². The highest BCUT2D eigenvalue weighted by Gasteiger charge is 2.21. The molecule has 6 nitrogen and oxygen atoms in total. The Morgan fingerprint density at radius 1 is 1.15 bits per heavy atom. The molecule has 1 aromatic heterocycles. The quantitative estimate of drug-likeness (QED) is 0.666. The van der Waals surface area contributed by atoms with Gasteiger partial charge in [0.2, 0.25) is 15.9 Å².